The average molecular weight is 532 g/mol. The molecule has 0 atom stereocenters. The Labute approximate surface area is 151 Å². The van der Waals surface area contributed by atoms with Crippen molar-refractivity contribution in [2.75, 3.05) is 0 Å². The molecule has 0 spiro atoms. The molecule has 2 aromatic heterocycles. The van der Waals surface area contributed by atoms with Crippen LogP contribution in [0, 0.1) is 21.0 Å². The van der Waals surface area contributed by atoms with Crippen LogP contribution in [0.5, 0.6) is 0 Å². The molecule has 2 N–H and O–H groups in total. The maximum Gasteiger partial charge on any atom is 0.330 e. The van der Waals surface area contributed by atoms with Crippen LogP contribution in [0.25, 0.3) is 0 Å². The zero-order chi connectivity index (χ0) is 17.2. The van der Waals surface area contributed by atoms with Crippen LogP contribution in [0.4, 0.5) is 0 Å². The summed E-state index contributed by atoms with van der Waals surface area (Å²) in [6, 6.07) is 0. The van der Waals surface area contributed by atoms with Gasteiger partial charge in [0.25, 0.3) is 11.1 Å². The second-order valence-corrected chi connectivity index (χ2v) is 6.61. The van der Waals surface area contributed by atoms with Crippen LogP contribution in [-0.4, -0.2) is 19.1 Å². The van der Waals surface area contributed by atoms with E-state index in [1.54, 1.807) is 20.9 Å². The Morgan fingerprint density at radius 3 is 1.91 bits per heavy atom. The first kappa shape index (κ1) is 18.9. The van der Waals surface area contributed by atoms with Crippen molar-refractivity contribution in [3.8, 4) is 0 Å². The second-order valence-electron chi connectivity index (χ2n) is 4.45. The Kier molecular flexibility index (Phi) is 6.34. The van der Waals surface area contributed by atoms with Gasteiger partial charge < -0.3 is 4.98 Å². The van der Waals surface area contributed by atoms with Gasteiger partial charge in [-0.15, -0.1) is 0 Å². The van der Waals surface area contributed by atoms with Gasteiger partial charge in [-0.3, -0.25) is 23.7 Å². The highest BCUT2D eigenvalue weighted by atomic mass is 127. The van der Waals surface area contributed by atoms with Crippen LogP contribution in [-0.2, 0) is 14.1 Å². The largest absolute Gasteiger partial charge is 0.330 e. The molecule has 0 aliphatic carbocycles. The van der Waals surface area contributed by atoms with Crippen molar-refractivity contribution >= 4 is 45.2 Å². The summed E-state index contributed by atoms with van der Waals surface area (Å²) in [5, 5.41) is 0. The number of hydrogen-bond donors (Lipinski definition) is 2. The van der Waals surface area contributed by atoms with Crippen molar-refractivity contribution in [3.63, 3.8) is 0 Å². The number of nitrogens with one attached hydrogen (secondary N) is 2. The van der Waals surface area contributed by atoms with Gasteiger partial charge in [0.1, 0.15) is 0 Å². The zero-order valence-electron chi connectivity index (χ0n) is 12.3. The highest BCUT2D eigenvalue weighted by Gasteiger charge is 2.08. The number of H-pyrrole nitrogens is 2. The first-order chi connectivity index (χ1) is 10.1. The second kappa shape index (κ2) is 7.39. The number of aromatic amines is 2. The SMILES string of the molecule is Cc1[nH]c(=O)[nH]c(=O)c1I.Cc1c(I)c(=O)n(C)c(=O)n1C. The van der Waals surface area contributed by atoms with Crippen molar-refractivity contribution in [1.29, 1.82) is 0 Å². The maximum atomic E-state index is 11.3. The van der Waals surface area contributed by atoms with E-state index in [1.807, 2.05) is 45.2 Å². The van der Waals surface area contributed by atoms with Crippen molar-refractivity contribution in [1.82, 2.24) is 19.1 Å². The van der Waals surface area contributed by atoms with Gasteiger partial charge >= 0.3 is 11.4 Å². The predicted octanol–water partition coefficient (Wildman–Crippen LogP) is -0.0268. The van der Waals surface area contributed by atoms with Crippen LogP contribution in [0.1, 0.15) is 11.4 Å². The van der Waals surface area contributed by atoms with Gasteiger partial charge in [-0.05, 0) is 59.0 Å². The lowest BCUT2D eigenvalue weighted by Gasteiger charge is -2.06. The lowest BCUT2D eigenvalue weighted by Crippen LogP contribution is -2.39. The molecule has 0 saturated carbocycles. The molecule has 0 aromatic carbocycles. The average Bonchev–Trinajstić information content (AvgIpc) is 2.47. The number of aryl methyl sites for hydroxylation is 1. The summed E-state index contributed by atoms with van der Waals surface area (Å²) in [5.41, 5.74) is 0.0249. The molecule has 0 amide bonds. The minimum Gasteiger partial charge on any atom is -0.310 e. The molecule has 0 unspecified atom stereocenters. The first-order valence-corrected chi connectivity index (χ1v) is 8.14. The van der Waals surface area contributed by atoms with E-state index in [0.29, 0.717) is 18.5 Å². The molecule has 22 heavy (non-hydrogen) atoms. The van der Waals surface area contributed by atoms with E-state index in [9.17, 15) is 19.2 Å². The Balaban J connectivity index is 0.000000224. The highest BCUT2D eigenvalue weighted by Crippen LogP contribution is 2.01. The summed E-state index contributed by atoms with van der Waals surface area (Å²) < 4.78 is 3.69. The van der Waals surface area contributed by atoms with Crippen molar-refractivity contribution in [3.05, 3.63) is 60.2 Å². The standard InChI is InChI=1S/C7H9IN2O2.C5H5IN2O2/c1-4-5(8)6(11)10(3)7(12)9(4)2;1-2-3(6)4(9)8-5(10)7-2/h1-3H3;1H3,(H2,7,8,9,10). The Hall–Kier alpha value is -1.18. The first-order valence-electron chi connectivity index (χ1n) is 5.98. The van der Waals surface area contributed by atoms with E-state index in [4.69, 9.17) is 0 Å². The third kappa shape index (κ3) is 3.97. The van der Waals surface area contributed by atoms with E-state index in [1.165, 1.54) is 11.6 Å². The summed E-state index contributed by atoms with van der Waals surface area (Å²) in [6.45, 7) is 3.43. The van der Waals surface area contributed by atoms with Crippen LogP contribution >= 0.6 is 45.2 Å². The number of aromatic nitrogens is 4. The van der Waals surface area contributed by atoms with Gasteiger partial charge in [0.2, 0.25) is 0 Å². The normalized spacial score (nSPS) is 10.1. The number of rotatable bonds is 0. The summed E-state index contributed by atoms with van der Waals surface area (Å²) in [6.07, 6.45) is 0. The Morgan fingerprint density at radius 2 is 1.41 bits per heavy atom. The molecule has 120 valence electrons. The highest BCUT2D eigenvalue weighted by molar-refractivity contribution is 14.1. The summed E-state index contributed by atoms with van der Waals surface area (Å²) in [5.74, 6) is 0. The molecule has 2 aromatic rings. The fourth-order valence-corrected chi connectivity index (χ4v) is 2.48. The van der Waals surface area contributed by atoms with Gasteiger partial charge in [0.15, 0.2) is 0 Å². The van der Waals surface area contributed by atoms with Gasteiger partial charge in [0.05, 0.1) is 7.14 Å². The molecule has 2 heterocycles. The topological polar surface area (TPSA) is 110 Å². The lowest BCUT2D eigenvalue weighted by molar-refractivity contribution is 0.660. The van der Waals surface area contributed by atoms with Crippen molar-refractivity contribution < 1.29 is 0 Å². The molecule has 0 fully saturated rings. The molecule has 2 rings (SSSR count). The maximum absolute atomic E-state index is 11.3. The van der Waals surface area contributed by atoms with Crippen LogP contribution in [0.2, 0.25) is 0 Å². The predicted molar refractivity (Wildman–Crippen MR) is 99.5 cm³/mol. The summed E-state index contributed by atoms with van der Waals surface area (Å²) >= 11 is 3.82. The van der Waals surface area contributed by atoms with Crippen LogP contribution in [0.3, 0.4) is 0 Å². The minimum atomic E-state index is -0.456. The van der Waals surface area contributed by atoms with Gasteiger partial charge in [-0.25, -0.2) is 9.59 Å². The number of hydrogen-bond acceptors (Lipinski definition) is 4. The van der Waals surface area contributed by atoms with Crippen molar-refractivity contribution in [2.45, 2.75) is 13.8 Å². The summed E-state index contributed by atoms with van der Waals surface area (Å²) in [7, 11) is 3.13. The Bertz CT molecular complexity index is 899. The molecule has 0 bridgehead atoms. The van der Waals surface area contributed by atoms with Crippen LogP contribution in [0.15, 0.2) is 19.2 Å². The molecule has 8 nitrogen and oxygen atoms in total. The quantitative estimate of drug-likeness (QED) is 0.465. The van der Waals surface area contributed by atoms with Gasteiger partial charge in [-0.2, -0.15) is 0 Å². The number of halogens is 2. The monoisotopic (exact) mass is 532 g/mol. The lowest BCUT2D eigenvalue weighted by atomic mass is 10.4. The van der Waals surface area contributed by atoms with E-state index in [0.717, 1.165) is 4.57 Å². The summed E-state index contributed by atoms with van der Waals surface area (Å²) in [4.78, 5) is 48.5. The molecular formula is C12H14I2N4O4. The van der Waals surface area contributed by atoms with E-state index in [2.05, 4.69) is 9.97 Å². The van der Waals surface area contributed by atoms with Crippen molar-refractivity contribution in [2.24, 2.45) is 14.1 Å². The molecule has 0 radical (unpaired) electrons. The smallest absolute Gasteiger partial charge is 0.310 e. The number of nitrogens with zero attached hydrogens (tertiary/aromatic N) is 2. The third-order valence-corrected chi connectivity index (χ3v) is 5.48. The van der Waals surface area contributed by atoms with Crippen LogP contribution < -0.4 is 22.5 Å². The van der Waals surface area contributed by atoms with Gasteiger partial charge in [-0.1, -0.05) is 0 Å². The molecule has 10 heteroatoms. The fraction of sp³-hybridized carbons (Fsp3) is 0.333. The zero-order valence-corrected chi connectivity index (χ0v) is 16.6. The molecule has 0 saturated heterocycles. The van der Waals surface area contributed by atoms with Gasteiger partial charge in [0, 0.05) is 25.5 Å². The molecular weight excluding hydrogens is 518 g/mol. The Morgan fingerprint density at radius 1 is 0.864 bits per heavy atom. The molecule has 0 aliphatic heterocycles. The van der Waals surface area contributed by atoms with E-state index in [-0.39, 0.29) is 16.8 Å². The fourth-order valence-electron chi connectivity index (χ4n) is 1.49. The molecule has 0 aliphatic rings. The third-order valence-electron chi connectivity index (χ3n) is 2.94. The van der Waals surface area contributed by atoms with E-state index >= 15 is 0 Å². The minimum absolute atomic E-state index is 0.226. The van der Waals surface area contributed by atoms with E-state index < -0.39 is 5.69 Å².